The molecule has 0 bridgehead atoms. The Bertz CT molecular complexity index is 831. The molecule has 1 aromatic heterocycles. The molecule has 0 saturated carbocycles. The van der Waals surface area contributed by atoms with Crippen molar-refractivity contribution in [3.8, 4) is 23.5 Å². The van der Waals surface area contributed by atoms with E-state index in [2.05, 4.69) is 16.8 Å². The van der Waals surface area contributed by atoms with Crippen molar-refractivity contribution < 1.29 is 4.79 Å². The predicted molar refractivity (Wildman–Crippen MR) is 103 cm³/mol. The van der Waals surface area contributed by atoms with Crippen molar-refractivity contribution in [3.63, 3.8) is 0 Å². The summed E-state index contributed by atoms with van der Waals surface area (Å²) in [6, 6.07) is 13.8. The van der Waals surface area contributed by atoms with Crippen LogP contribution in [0.1, 0.15) is 12.8 Å². The summed E-state index contributed by atoms with van der Waals surface area (Å²) in [5.41, 5.74) is 0.940. The summed E-state index contributed by atoms with van der Waals surface area (Å²) in [6.07, 6.45) is 2.24. The number of hydrogen-bond donors (Lipinski definition) is 0. The third-order valence-corrected chi connectivity index (χ3v) is 4.68. The highest BCUT2D eigenvalue weighted by atomic mass is 32.2. The molecule has 0 atom stereocenters. The zero-order valence-corrected chi connectivity index (χ0v) is 15.7. The Morgan fingerprint density at radius 3 is 2.44 bits per heavy atom. The summed E-state index contributed by atoms with van der Waals surface area (Å²) in [5.74, 6) is 0.761. The molecule has 0 aliphatic carbocycles. The van der Waals surface area contributed by atoms with Crippen LogP contribution in [0.4, 0.5) is 0 Å². The first-order valence-electron chi connectivity index (χ1n) is 8.45. The monoisotopic (exact) mass is 380 g/mol. The molecule has 1 amide bonds. The minimum Gasteiger partial charge on any atom is -0.340 e. The summed E-state index contributed by atoms with van der Waals surface area (Å²) in [4.78, 5) is 14.0. The van der Waals surface area contributed by atoms with Crippen LogP contribution in [-0.4, -0.2) is 44.4 Å². The lowest BCUT2D eigenvalue weighted by molar-refractivity contribution is -0.128. The Morgan fingerprint density at radius 1 is 1.19 bits per heavy atom. The number of nitriles is 2. The number of amides is 1. The minimum absolute atomic E-state index is 0.125. The fraction of sp³-hybridized carbons (Fsp3) is 0.316. The molecular formula is C19H20N6OS. The maximum absolute atomic E-state index is 12.5. The Kier molecular flexibility index (Phi) is 8.08. The molecule has 0 saturated heterocycles. The molecule has 0 aliphatic rings. The van der Waals surface area contributed by atoms with Crippen LogP contribution in [0.25, 0.3) is 11.4 Å². The van der Waals surface area contributed by atoms with Crippen molar-refractivity contribution >= 4 is 17.7 Å². The van der Waals surface area contributed by atoms with Crippen LogP contribution in [0.15, 0.2) is 48.1 Å². The Labute approximate surface area is 162 Å². The first kappa shape index (κ1) is 20.2. The van der Waals surface area contributed by atoms with Gasteiger partial charge in [-0.25, -0.2) is 0 Å². The molecule has 0 spiro atoms. The highest BCUT2D eigenvalue weighted by Crippen LogP contribution is 2.24. The summed E-state index contributed by atoms with van der Waals surface area (Å²) >= 11 is 1.29. The fourth-order valence-corrected chi connectivity index (χ4v) is 3.29. The van der Waals surface area contributed by atoms with Crippen LogP contribution in [0.2, 0.25) is 0 Å². The quantitative estimate of drug-likeness (QED) is 0.464. The van der Waals surface area contributed by atoms with Gasteiger partial charge in [0.1, 0.15) is 0 Å². The van der Waals surface area contributed by atoms with E-state index in [1.54, 1.807) is 11.0 Å². The molecule has 0 aliphatic heterocycles. The number of benzene rings is 1. The number of allylic oxidation sites excluding steroid dienone is 1. The van der Waals surface area contributed by atoms with E-state index in [4.69, 9.17) is 10.5 Å². The molecule has 1 aromatic carbocycles. The summed E-state index contributed by atoms with van der Waals surface area (Å²) < 4.78 is 1.91. The lowest BCUT2D eigenvalue weighted by atomic mass is 10.2. The molecule has 7 nitrogen and oxygen atoms in total. The maximum Gasteiger partial charge on any atom is 0.233 e. The number of hydrogen-bond acceptors (Lipinski definition) is 6. The second-order valence-electron chi connectivity index (χ2n) is 5.56. The Morgan fingerprint density at radius 2 is 1.85 bits per heavy atom. The smallest absolute Gasteiger partial charge is 0.233 e. The van der Waals surface area contributed by atoms with E-state index in [1.165, 1.54) is 11.8 Å². The van der Waals surface area contributed by atoms with Gasteiger partial charge in [-0.3, -0.25) is 9.36 Å². The molecule has 0 N–H and O–H groups in total. The van der Waals surface area contributed by atoms with Gasteiger partial charge in [-0.15, -0.1) is 16.8 Å². The minimum atomic E-state index is -0.125. The predicted octanol–water partition coefficient (Wildman–Crippen LogP) is 2.88. The third kappa shape index (κ3) is 5.70. The maximum atomic E-state index is 12.5. The SMILES string of the molecule is C=CCn1c(SCC(=O)N(CCC#N)CCC#N)nnc1-c1ccccc1. The van der Waals surface area contributed by atoms with E-state index in [1.807, 2.05) is 47.0 Å². The summed E-state index contributed by atoms with van der Waals surface area (Å²) in [5, 5.41) is 26.6. The second-order valence-corrected chi connectivity index (χ2v) is 6.50. The molecule has 2 rings (SSSR count). The van der Waals surface area contributed by atoms with Crippen LogP contribution in [-0.2, 0) is 11.3 Å². The zero-order valence-electron chi connectivity index (χ0n) is 14.9. The molecule has 0 radical (unpaired) electrons. The number of thioether (sulfide) groups is 1. The standard InChI is InChI=1S/C19H20N6OS/c1-2-12-25-18(16-8-4-3-5-9-16)22-23-19(25)27-15-17(26)24(13-6-10-20)14-7-11-21/h2-5,8-9H,1,6-7,12-15H2. The van der Waals surface area contributed by atoms with Gasteiger partial charge in [0.25, 0.3) is 0 Å². The second kappa shape index (κ2) is 10.8. The van der Waals surface area contributed by atoms with Crippen molar-refractivity contribution in [2.45, 2.75) is 24.5 Å². The first-order valence-corrected chi connectivity index (χ1v) is 9.43. The Hall–Kier alpha value is -3.10. The van der Waals surface area contributed by atoms with Crippen LogP contribution in [0.5, 0.6) is 0 Å². The Balaban J connectivity index is 2.11. The third-order valence-electron chi connectivity index (χ3n) is 3.73. The topological polar surface area (TPSA) is 98.6 Å². The van der Waals surface area contributed by atoms with E-state index in [0.717, 1.165) is 11.4 Å². The van der Waals surface area contributed by atoms with Gasteiger partial charge < -0.3 is 4.90 Å². The van der Waals surface area contributed by atoms with Gasteiger partial charge in [0.2, 0.25) is 5.91 Å². The normalized spacial score (nSPS) is 10.0. The number of carbonyl (C=O) groups is 1. The van der Waals surface area contributed by atoms with Gasteiger partial charge in [0.05, 0.1) is 30.7 Å². The number of nitrogens with zero attached hydrogens (tertiary/aromatic N) is 6. The average Bonchev–Trinajstić information content (AvgIpc) is 3.10. The van der Waals surface area contributed by atoms with Crippen molar-refractivity contribution in [2.75, 3.05) is 18.8 Å². The number of aromatic nitrogens is 3. The van der Waals surface area contributed by atoms with Crippen LogP contribution >= 0.6 is 11.8 Å². The lowest BCUT2D eigenvalue weighted by Crippen LogP contribution is -2.34. The van der Waals surface area contributed by atoms with Crippen molar-refractivity contribution in [2.24, 2.45) is 0 Å². The van der Waals surface area contributed by atoms with E-state index < -0.39 is 0 Å². The van der Waals surface area contributed by atoms with E-state index in [-0.39, 0.29) is 24.5 Å². The fourth-order valence-electron chi connectivity index (χ4n) is 2.44. The molecule has 27 heavy (non-hydrogen) atoms. The summed E-state index contributed by atoms with van der Waals surface area (Å²) in [6.45, 7) is 4.96. The average molecular weight is 380 g/mol. The van der Waals surface area contributed by atoms with Gasteiger partial charge in [0, 0.05) is 25.2 Å². The highest BCUT2D eigenvalue weighted by Gasteiger charge is 2.17. The highest BCUT2D eigenvalue weighted by molar-refractivity contribution is 7.99. The van der Waals surface area contributed by atoms with Crippen molar-refractivity contribution in [1.82, 2.24) is 19.7 Å². The van der Waals surface area contributed by atoms with Gasteiger partial charge in [-0.2, -0.15) is 10.5 Å². The van der Waals surface area contributed by atoms with Crippen molar-refractivity contribution in [3.05, 3.63) is 43.0 Å². The van der Waals surface area contributed by atoms with E-state index >= 15 is 0 Å². The van der Waals surface area contributed by atoms with Crippen molar-refractivity contribution in [1.29, 1.82) is 10.5 Å². The molecule has 8 heteroatoms. The van der Waals surface area contributed by atoms with Crippen LogP contribution in [0, 0.1) is 22.7 Å². The van der Waals surface area contributed by atoms with Gasteiger partial charge >= 0.3 is 0 Å². The molecule has 0 fully saturated rings. The van der Waals surface area contributed by atoms with Crippen LogP contribution < -0.4 is 0 Å². The number of carbonyl (C=O) groups excluding carboxylic acids is 1. The molecule has 0 unspecified atom stereocenters. The van der Waals surface area contributed by atoms with Gasteiger partial charge in [0.15, 0.2) is 11.0 Å². The number of rotatable bonds is 10. The molecule has 2 aromatic rings. The van der Waals surface area contributed by atoms with Gasteiger partial charge in [-0.1, -0.05) is 48.2 Å². The van der Waals surface area contributed by atoms with Gasteiger partial charge in [-0.05, 0) is 0 Å². The first-order chi connectivity index (χ1) is 13.2. The lowest BCUT2D eigenvalue weighted by Gasteiger charge is -2.20. The van der Waals surface area contributed by atoms with E-state index in [0.29, 0.717) is 24.8 Å². The van der Waals surface area contributed by atoms with Crippen LogP contribution in [0.3, 0.4) is 0 Å². The largest absolute Gasteiger partial charge is 0.340 e. The molecular weight excluding hydrogens is 360 g/mol. The summed E-state index contributed by atoms with van der Waals surface area (Å²) in [7, 11) is 0. The molecule has 1 heterocycles. The zero-order chi connectivity index (χ0) is 19.5. The van der Waals surface area contributed by atoms with E-state index in [9.17, 15) is 4.79 Å². The molecule has 138 valence electrons.